The number of fused-ring (bicyclic) bond motifs is 1. The van der Waals surface area contributed by atoms with Crippen molar-refractivity contribution in [2.24, 2.45) is 7.05 Å². The first-order chi connectivity index (χ1) is 14.6. The van der Waals surface area contributed by atoms with Crippen molar-refractivity contribution in [3.05, 3.63) is 56.5 Å². The molecule has 3 aromatic rings. The maximum atomic E-state index is 13.5. The van der Waals surface area contributed by atoms with Crippen LogP contribution in [0.3, 0.4) is 0 Å². The SMILES string of the molecule is Cc1nn(C)c(OS(=O)(=O)C(F)(F)F)c1C(=O)c1ccc(C)c2c1c(C)c(C)c(C)[n+]2[O-]. The molecule has 0 saturated heterocycles. The fourth-order valence-electron chi connectivity index (χ4n) is 3.58. The Morgan fingerprint density at radius 3 is 2.28 bits per heavy atom. The van der Waals surface area contributed by atoms with Crippen LogP contribution >= 0.6 is 0 Å². The van der Waals surface area contributed by atoms with Crippen LogP contribution < -0.4 is 8.91 Å². The zero-order chi connectivity index (χ0) is 24.3. The Kier molecular flexibility index (Phi) is 5.49. The summed E-state index contributed by atoms with van der Waals surface area (Å²) >= 11 is 0. The summed E-state index contributed by atoms with van der Waals surface area (Å²) in [6.07, 6.45) is 0. The number of carbonyl (C=O) groups is 1. The van der Waals surface area contributed by atoms with Crippen molar-refractivity contribution in [2.75, 3.05) is 0 Å². The van der Waals surface area contributed by atoms with Crippen LogP contribution in [0.15, 0.2) is 12.1 Å². The maximum absolute atomic E-state index is 13.5. The van der Waals surface area contributed by atoms with E-state index >= 15 is 0 Å². The maximum Gasteiger partial charge on any atom is 0.534 e. The van der Waals surface area contributed by atoms with Crippen molar-refractivity contribution in [1.29, 1.82) is 0 Å². The van der Waals surface area contributed by atoms with E-state index in [4.69, 9.17) is 0 Å². The molecule has 0 unspecified atom stereocenters. The fraction of sp³-hybridized carbons (Fsp3) is 0.350. The number of rotatable bonds is 4. The van der Waals surface area contributed by atoms with Gasteiger partial charge < -0.3 is 9.39 Å². The number of ketones is 1. The number of pyridine rings is 1. The lowest BCUT2D eigenvalue weighted by molar-refractivity contribution is -0.584. The molecule has 0 atom stereocenters. The van der Waals surface area contributed by atoms with E-state index in [9.17, 15) is 31.6 Å². The highest BCUT2D eigenvalue weighted by Gasteiger charge is 2.49. The van der Waals surface area contributed by atoms with Gasteiger partial charge in [-0.25, -0.2) is 4.68 Å². The summed E-state index contributed by atoms with van der Waals surface area (Å²) in [6, 6.07) is 2.98. The molecule has 2 aromatic heterocycles. The van der Waals surface area contributed by atoms with Crippen molar-refractivity contribution in [2.45, 2.75) is 40.1 Å². The monoisotopic (exact) mass is 471 g/mol. The predicted molar refractivity (Wildman–Crippen MR) is 109 cm³/mol. The smallest absolute Gasteiger partial charge is 0.534 e. The molecule has 172 valence electrons. The van der Waals surface area contributed by atoms with Gasteiger partial charge >= 0.3 is 15.6 Å². The van der Waals surface area contributed by atoms with Crippen LogP contribution in [0.5, 0.6) is 5.88 Å². The Bertz CT molecular complexity index is 1390. The Labute approximate surface area is 181 Å². The van der Waals surface area contributed by atoms with Crippen LogP contribution in [0.25, 0.3) is 10.9 Å². The number of aromatic nitrogens is 3. The van der Waals surface area contributed by atoms with Crippen LogP contribution in [0.4, 0.5) is 13.2 Å². The normalized spacial score (nSPS) is 12.4. The van der Waals surface area contributed by atoms with Crippen molar-refractivity contribution in [3.8, 4) is 5.88 Å². The van der Waals surface area contributed by atoms with Gasteiger partial charge in [0.15, 0.2) is 5.69 Å². The second-order valence-electron chi connectivity index (χ2n) is 7.48. The predicted octanol–water partition coefficient (Wildman–Crippen LogP) is 3.21. The molecule has 0 amide bonds. The Hall–Kier alpha value is -3.15. The van der Waals surface area contributed by atoms with Gasteiger partial charge in [-0.05, 0) is 39.3 Å². The Balaban J connectivity index is 2.32. The third-order valence-electron chi connectivity index (χ3n) is 5.48. The molecule has 0 bridgehead atoms. The second kappa shape index (κ2) is 7.47. The van der Waals surface area contributed by atoms with Crippen molar-refractivity contribution in [3.63, 3.8) is 0 Å². The molecular weight excluding hydrogens is 451 g/mol. The van der Waals surface area contributed by atoms with Crippen LogP contribution in [0.2, 0.25) is 0 Å². The lowest BCUT2D eigenvalue weighted by Gasteiger charge is -2.16. The van der Waals surface area contributed by atoms with Crippen LogP contribution in [-0.2, 0) is 17.2 Å². The van der Waals surface area contributed by atoms with Crippen LogP contribution in [0, 0.1) is 39.8 Å². The molecule has 0 aliphatic rings. The van der Waals surface area contributed by atoms with E-state index in [1.54, 1.807) is 27.7 Å². The van der Waals surface area contributed by atoms with Gasteiger partial charge in [0, 0.05) is 30.7 Å². The highest BCUT2D eigenvalue weighted by atomic mass is 32.2. The van der Waals surface area contributed by atoms with Crippen LogP contribution in [0.1, 0.15) is 44.0 Å². The van der Waals surface area contributed by atoms with Gasteiger partial charge in [0.2, 0.25) is 17.2 Å². The summed E-state index contributed by atoms with van der Waals surface area (Å²) in [6.45, 7) is 8.12. The summed E-state index contributed by atoms with van der Waals surface area (Å²) in [5.74, 6) is -1.69. The minimum Gasteiger partial charge on any atom is -0.618 e. The second-order valence-corrected chi connectivity index (χ2v) is 9.02. The van der Waals surface area contributed by atoms with Gasteiger partial charge in [0.25, 0.3) is 0 Å². The van der Waals surface area contributed by atoms with Crippen LogP contribution in [-0.4, -0.2) is 29.5 Å². The molecule has 0 aliphatic carbocycles. The number of hydrogen-bond donors (Lipinski definition) is 0. The molecular formula is C20H20F3N3O5S. The number of aryl methyl sites for hydroxylation is 4. The summed E-state index contributed by atoms with van der Waals surface area (Å²) in [7, 11) is -4.89. The van der Waals surface area contributed by atoms with Crippen molar-refractivity contribution >= 4 is 26.8 Å². The average Bonchev–Trinajstić information content (AvgIpc) is 2.95. The summed E-state index contributed by atoms with van der Waals surface area (Å²) < 4.78 is 67.5. The molecule has 32 heavy (non-hydrogen) atoms. The topological polar surface area (TPSA) is 105 Å². The zero-order valence-electron chi connectivity index (χ0n) is 18.1. The zero-order valence-corrected chi connectivity index (χ0v) is 18.9. The fourth-order valence-corrected chi connectivity index (χ4v) is 4.08. The van der Waals surface area contributed by atoms with E-state index < -0.39 is 32.9 Å². The van der Waals surface area contributed by atoms with Gasteiger partial charge in [-0.3, -0.25) is 4.79 Å². The van der Waals surface area contributed by atoms with E-state index in [2.05, 4.69) is 9.28 Å². The van der Waals surface area contributed by atoms with Gasteiger partial charge in [-0.1, -0.05) is 6.07 Å². The molecule has 2 heterocycles. The molecule has 0 aliphatic heterocycles. The first kappa shape index (κ1) is 23.5. The average molecular weight is 471 g/mol. The first-order valence-corrected chi connectivity index (χ1v) is 10.7. The van der Waals surface area contributed by atoms with E-state index in [0.29, 0.717) is 32.5 Å². The van der Waals surface area contributed by atoms with Gasteiger partial charge in [0.1, 0.15) is 5.56 Å². The summed E-state index contributed by atoms with van der Waals surface area (Å²) in [5, 5.41) is 17.0. The standard InChI is InChI=1S/C20H20F3N3O5S/c1-9-7-8-14(15-11(3)10(2)13(5)26(28)17(9)15)18(27)16-12(4)24-25(6)19(16)31-32(29,30)20(21,22)23/h7-8H,1-6H3. The van der Waals surface area contributed by atoms with Gasteiger partial charge in [0.05, 0.1) is 11.1 Å². The van der Waals surface area contributed by atoms with Gasteiger partial charge in [-0.15, -0.1) is 0 Å². The summed E-state index contributed by atoms with van der Waals surface area (Å²) in [5.41, 5.74) is -3.59. The van der Waals surface area contributed by atoms with E-state index in [-0.39, 0.29) is 16.8 Å². The van der Waals surface area contributed by atoms with Gasteiger partial charge in [-0.2, -0.15) is 31.4 Å². The number of nitrogens with zero attached hydrogens (tertiary/aromatic N) is 3. The Morgan fingerprint density at radius 2 is 1.72 bits per heavy atom. The first-order valence-electron chi connectivity index (χ1n) is 9.31. The molecule has 8 nitrogen and oxygen atoms in total. The quantitative estimate of drug-likeness (QED) is 0.190. The van der Waals surface area contributed by atoms with E-state index in [1.165, 1.54) is 19.1 Å². The van der Waals surface area contributed by atoms with Crippen molar-refractivity contribution in [1.82, 2.24) is 9.78 Å². The molecule has 0 spiro atoms. The third-order valence-corrected chi connectivity index (χ3v) is 6.43. The number of carbonyl (C=O) groups excluding carboxylic acids is 1. The molecule has 1 aromatic carbocycles. The van der Waals surface area contributed by atoms with E-state index in [0.717, 1.165) is 11.7 Å². The summed E-state index contributed by atoms with van der Waals surface area (Å²) in [4.78, 5) is 13.5. The van der Waals surface area contributed by atoms with E-state index in [1.807, 2.05) is 0 Å². The van der Waals surface area contributed by atoms with Crippen molar-refractivity contribution < 1.29 is 35.3 Å². The molecule has 0 fully saturated rings. The number of hydrogen-bond acceptors (Lipinski definition) is 6. The largest absolute Gasteiger partial charge is 0.618 e. The molecule has 0 saturated carbocycles. The molecule has 0 radical (unpaired) electrons. The minimum absolute atomic E-state index is 0.0150. The number of alkyl halides is 3. The molecule has 0 N–H and O–H groups in total. The Morgan fingerprint density at radius 1 is 1.12 bits per heavy atom. The number of halogens is 3. The molecule has 12 heteroatoms. The lowest BCUT2D eigenvalue weighted by atomic mass is 9.92. The third kappa shape index (κ3) is 3.48. The highest BCUT2D eigenvalue weighted by molar-refractivity contribution is 7.88. The molecule has 3 rings (SSSR count). The lowest BCUT2D eigenvalue weighted by Crippen LogP contribution is -2.34. The highest BCUT2D eigenvalue weighted by Crippen LogP contribution is 2.34. The number of benzene rings is 1. The minimum atomic E-state index is -6.04.